The number of benzene rings is 2. The van der Waals surface area contributed by atoms with Gasteiger partial charge >= 0.3 is 0 Å². The Balaban J connectivity index is 1.78. The number of nitrogens with one attached hydrogen (secondary N) is 2. The summed E-state index contributed by atoms with van der Waals surface area (Å²) in [5, 5.41) is 13.7. The number of carbonyl (C=O) groups is 1. The molecule has 2 N–H and O–H groups in total. The lowest BCUT2D eigenvalue weighted by molar-refractivity contribution is 0.102. The van der Waals surface area contributed by atoms with Crippen LogP contribution < -0.4 is 10.0 Å². The van der Waals surface area contributed by atoms with E-state index in [2.05, 4.69) is 20.2 Å². The third kappa shape index (κ3) is 3.68. The van der Waals surface area contributed by atoms with Crippen LogP contribution in [0.3, 0.4) is 0 Å². The molecule has 4 aromatic rings. The fourth-order valence-corrected chi connectivity index (χ4v) is 5.02. The van der Waals surface area contributed by atoms with Crippen molar-refractivity contribution >= 4 is 60.2 Å². The molecule has 0 spiro atoms. The molecule has 0 aliphatic rings. The van der Waals surface area contributed by atoms with Crippen LogP contribution in [0.1, 0.15) is 10.4 Å². The second kappa shape index (κ2) is 7.06. The molecular formula is C17H12N4O3S3. The Bertz CT molecular complexity index is 1200. The van der Waals surface area contributed by atoms with Gasteiger partial charge in [0.25, 0.3) is 15.9 Å². The topological polar surface area (TPSA) is 101 Å². The van der Waals surface area contributed by atoms with Gasteiger partial charge in [0.15, 0.2) is 0 Å². The third-order valence-corrected chi connectivity index (χ3v) is 7.08. The zero-order valence-corrected chi connectivity index (χ0v) is 16.1. The highest BCUT2D eigenvalue weighted by Crippen LogP contribution is 2.28. The zero-order valence-electron chi connectivity index (χ0n) is 13.6. The maximum Gasteiger partial charge on any atom is 0.271 e. The van der Waals surface area contributed by atoms with E-state index in [1.807, 2.05) is 24.3 Å². The van der Waals surface area contributed by atoms with Crippen LogP contribution in [-0.4, -0.2) is 24.5 Å². The molecular weight excluding hydrogens is 404 g/mol. The standard InChI is InChI=1S/C17H12N4O3S3/c22-16(19-17-20-18-10-26-17)13-8-11-4-1-2-5-12(11)9-14(13)21-27(23,24)15-6-3-7-25-15/h1-10,21H,(H,19,20,22). The number of amides is 1. The van der Waals surface area contributed by atoms with Gasteiger partial charge in [-0.1, -0.05) is 41.7 Å². The van der Waals surface area contributed by atoms with Gasteiger partial charge < -0.3 is 0 Å². The van der Waals surface area contributed by atoms with Crippen molar-refractivity contribution in [2.45, 2.75) is 4.21 Å². The van der Waals surface area contributed by atoms with Crippen LogP contribution in [0.15, 0.2) is 63.6 Å². The summed E-state index contributed by atoms with van der Waals surface area (Å²) < 4.78 is 28.0. The van der Waals surface area contributed by atoms with E-state index < -0.39 is 15.9 Å². The van der Waals surface area contributed by atoms with E-state index >= 15 is 0 Å². The molecule has 0 unspecified atom stereocenters. The molecule has 4 rings (SSSR count). The van der Waals surface area contributed by atoms with Gasteiger partial charge in [0.05, 0.1) is 11.3 Å². The normalized spacial score (nSPS) is 11.4. The van der Waals surface area contributed by atoms with Gasteiger partial charge in [-0.05, 0) is 34.4 Å². The van der Waals surface area contributed by atoms with Crippen LogP contribution in [-0.2, 0) is 10.0 Å². The van der Waals surface area contributed by atoms with Crippen molar-refractivity contribution in [2.24, 2.45) is 0 Å². The highest BCUT2D eigenvalue weighted by molar-refractivity contribution is 7.94. The summed E-state index contributed by atoms with van der Waals surface area (Å²) in [5.41, 5.74) is 1.89. The van der Waals surface area contributed by atoms with E-state index in [0.29, 0.717) is 5.13 Å². The molecule has 0 aliphatic carbocycles. The average Bonchev–Trinajstić information content (AvgIpc) is 3.35. The van der Waals surface area contributed by atoms with Crippen LogP contribution in [0.2, 0.25) is 0 Å². The summed E-state index contributed by atoms with van der Waals surface area (Å²) in [6.45, 7) is 0. The van der Waals surface area contributed by atoms with Gasteiger partial charge in [0, 0.05) is 0 Å². The fraction of sp³-hybridized carbons (Fsp3) is 0. The van der Waals surface area contributed by atoms with E-state index in [9.17, 15) is 13.2 Å². The number of anilines is 2. The Morgan fingerprint density at radius 2 is 1.78 bits per heavy atom. The molecule has 10 heteroatoms. The lowest BCUT2D eigenvalue weighted by Gasteiger charge is -2.13. The van der Waals surface area contributed by atoms with E-state index in [0.717, 1.165) is 22.1 Å². The molecule has 0 atom stereocenters. The first-order valence-corrected chi connectivity index (χ1v) is 10.9. The SMILES string of the molecule is O=C(Nc1nncs1)c1cc2ccccc2cc1NS(=O)(=O)c1cccs1. The Hall–Kier alpha value is -2.82. The van der Waals surface area contributed by atoms with Crippen LogP contribution in [0, 0.1) is 0 Å². The molecule has 7 nitrogen and oxygen atoms in total. The molecule has 0 fully saturated rings. The summed E-state index contributed by atoms with van der Waals surface area (Å²) >= 11 is 2.28. The highest BCUT2D eigenvalue weighted by Gasteiger charge is 2.21. The monoisotopic (exact) mass is 416 g/mol. The molecule has 0 aliphatic heterocycles. The van der Waals surface area contributed by atoms with Crippen LogP contribution >= 0.6 is 22.7 Å². The molecule has 0 bridgehead atoms. The summed E-state index contributed by atoms with van der Waals surface area (Å²) in [6, 6.07) is 13.9. The molecule has 2 aromatic heterocycles. The number of fused-ring (bicyclic) bond motifs is 1. The number of sulfonamides is 1. The van der Waals surface area contributed by atoms with Gasteiger partial charge in [-0.3, -0.25) is 14.8 Å². The molecule has 2 heterocycles. The minimum Gasteiger partial charge on any atom is -0.296 e. The number of rotatable bonds is 5. The van der Waals surface area contributed by atoms with Crippen LogP contribution in [0.4, 0.5) is 10.8 Å². The second-order valence-electron chi connectivity index (χ2n) is 5.48. The van der Waals surface area contributed by atoms with Crippen molar-refractivity contribution < 1.29 is 13.2 Å². The lowest BCUT2D eigenvalue weighted by Crippen LogP contribution is -2.18. The molecule has 0 saturated heterocycles. The van der Waals surface area contributed by atoms with E-state index in [4.69, 9.17) is 0 Å². The van der Waals surface area contributed by atoms with E-state index in [1.54, 1.807) is 23.6 Å². The Labute approximate surface area is 162 Å². The summed E-state index contributed by atoms with van der Waals surface area (Å²) in [4.78, 5) is 12.7. The van der Waals surface area contributed by atoms with Gasteiger partial charge in [-0.25, -0.2) is 8.42 Å². The van der Waals surface area contributed by atoms with Crippen molar-refractivity contribution in [2.75, 3.05) is 10.0 Å². The summed E-state index contributed by atoms with van der Waals surface area (Å²) in [5.74, 6) is -0.471. The van der Waals surface area contributed by atoms with Crippen LogP contribution in [0.25, 0.3) is 10.8 Å². The first-order chi connectivity index (χ1) is 13.0. The van der Waals surface area contributed by atoms with Crippen LogP contribution in [0.5, 0.6) is 0 Å². The second-order valence-corrected chi connectivity index (χ2v) is 9.17. The van der Waals surface area contributed by atoms with Gasteiger partial charge in [-0.2, -0.15) is 0 Å². The Kier molecular flexibility index (Phi) is 4.60. The minimum absolute atomic E-state index is 0.172. The molecule has 136 valence electrons. The average molecular weight is 417 g/mol. The first kappa shape index (κ1) is 17.6. The number of carbonyl (C=O) groups excluding carboxylic acids is 1. The third-order valence-electron chi connectivity index (χ3n) is 3.72. The van der Waals surface area contributed by atoms with Crippen molar-refractivity contribution in [3.8, 4) is 0 Å². The molecule has 1 amide bonds. The first-order valence-electron chi connectivity index (χ1n) is 7.69. The van der Waals surface area contributed by atoms with Gasteiger partial charge in [0.1, 0.15) is 9.72 Å². The number of nitrogens with zero attached hydrogens (tertiary/aromatic N) is 2. The fourth-order valence-electron chi connectivity index (χ4n) is 2.52. The smallest absolute Gasteiger partial charge is 0.271 e. The van der Waals surface area contributed by atoms with Crippen molar-refractivity contribution in [3.05, 3.63) is 65.0 Å². The molecule has 27 heavy (non-hydrogen) atoms. The van der Waals surface area contributed by atoms with Gasteiger partial charge in [-0.15, -0.1) is 21.5 Å². The Morgan fingerprint density at radius 1 is 1.00 bits per heavy atom. The predicted molar refractivity (Wildman–Crippen MR) is 107 cm³/mol. The zero-order chi connectivity index (χ0) is 18.9. The lowest BCUT2D eigenvalue weighted by atomic mass is 10.0. The summed E-state index contributed by atoms with van der Waals surface area (Å²) in [6.07, 6.45) is 0. The molecule has 0 saturated carbocycles. The predicted octanol–water partition coefficient (Wildman–Crippen LogP) is 3.81. The number of thiophene rings is 1. The molecule has 2 aromatic carbocycles. The number of hydrogen-bond acceptors (Lipinski definition) is 7. The van der Waals surface area contributed by atoms with E-state index in [1.165, 1.54) is 22.9 Å². The van der Waals surface area contributed by atoms with Crippen molar-refractivity contribution in [1.29, 1.82) is 0 Å². The van der Waals surface area contributed by atoms with Crippen molar-refractivity contribution in [3.63, 3.8) is 0 Å². The Morgan fingerprint density at radius 3 is 2.44 bits per heavy atom. The maximum absolute atomic E-state index is 12.7. The quantitative estimate of drug-likeness (QED) is 0.515. The maximum atomic E-state index is 12.7. The molecule has 0 radical (unpaired) electrons. The summed E-state index contributed by atoms with van der Waals surface area (Å²) in [7, 11) is -3.79. The van der Waals surface area contributed by atoms with Crippen molar-refractivity contribution in [1.82, 2.24) is 10.2 Å². The number of aromatic nitrogens is 2. The van der Waals surface area contributed by atoms with E-state index in [-0.39, 0.29) is 15.5 Å². The highest BCUT2D eigenvalue weighted by atomic mass is 32.2. The van der Waals surface area contributed by atoms with Gasteiger partial charge in [0.2, 0.25) is 5.13 Å². The number of hydrogen-bond donors (Lipinski definition) is 2. The minimum atomic E-state index is -3.79. The largest absolute Gasteiger partial charge is 0.296 e.